The quantitative estimate of drug-likeness (QED) is 0.444. The molecule has 0 bridgehead atoms. The smallest absolute Gasteiger partial charge is 0.307 e. The number of methoxy groups -OCH3 is 2. The van der Waals surface area contributed by atoms with E-state index in [-0.39, 0.29) is 37.7 Å². The first-order valence-corrected chi connectivity index (χ1v) is 6.56. The molecule has 0 saturated carbocycles. The van der Waals surface area contributed by atoms with Crippen molar-refractivity contribution in [1.29, 1.82) is 0 Å². The molecule has 0 saturated heterocycles. The Kier molecular flexibility index (Phi) is 10.3. The van der Waals surface area contributed by atoms with Crippen LogP contribution in [-0.4, -0.2) is 61.8 Å². The van der Waals surface area contributed by atoms with Crippen molar-refractivity contribution in [3.63, 3.8) is 0 Å². The van der Waals surface area contributed by atoms with Gasteiger partial charge in [-0.3, -0.25) is 14.4 Å². The summed E-state index contributed by atoms with van der Waals surface area (Å²) in [6.07, 6.45) is 1.47. The molecule has 0 aromatic rings. The van der Waals surface area contributed by atoms with E-state index < -0.39 is 5.97 Å². The number of ether oxygens (including phenoxy) is 2. The largest absolute Gasteiger partial charge is 0.481 e. The number of rotatable bonds is 11. The summed E-state index contributed by atoms with van der Waals surface area (Å²) in [7, 11) is 2.84. The first-order valence-electron chi connectivity index (χ1n) is 6.56. The van der Waals surface area contributed by atoms with E-state index in [1.165, 1.54) is 14.2 Å². The average Bonchev–Trinajstić information content (AvgIpc) is 2.42. The van der Waals surface area contributed by atoms with Crippen molar-refractivity contribution in [3.8, 4) is 0 Å². The molecule has 7 nitrogen and oxygen atoms in total. The first kappa shape index (κ1) is 18.4. The molecule has 20 heavy (non-hydrogen) atoms. The maximum Gasteiger partial charge on any atom is 0.307 e. The van der Waals surface area contributed by atoms with E-state index in [0.717, 1.165) is 0 Å². The van der Waals surface area contributed by atoms with Gasteiger partial charge in [-0.2, -0.15) is 0 Å². The summed E-state index contributed by atoms with van der Waals surface area (Å²) < 4.78 is 9.46. The van der Waals surface area contributed by atoms with Crippen LogP contribution in [0.3, 0.4) is 0 Å². The van der Waals surface area contributed by atoms with Crippen LogP contribution in [0, 0.1) is 0 Å². The van der Waals surface area contributed by atoms with Crippen molar-refractivity contribution < 1.29 is 29.0 Å². The van der Waals surface area contributed by atoms with Gasteiger partial charge in [-0.05, 0) is 12.8 Å². The molecule has 0 aromatic heterocycles. The van der Waals surface area contributed by atoms with Crippen LogP contribution in [0.15, 0.2) is 0 Å². The standard InChI is InChI=1S/C13H23NO6/c1-19-10-9-14(8-7-13(18)20-2)11(15)5-3-4-6-12(16)17/h3-10H2,1-2H3,(H,16,17). The van der Waals surface area contributed by atoms with Crippen molar-refractivity contribution in [2.45, 2.75) is 32.1 Å². The topological polar surface area (TPSA) is 93.1 Å². The molecule has 1 amide bonds. The number of amides is 1. The van der Waals surface area contributed by atoms with Crippen LogP contribution in [0.25, 0.3) is 0 Å². The highest BCUT2D eigenvalue weighted by Crippen LogP contribution is 2.05. The Balaban J connectivity index is 4.12. The Morgan fingerprint density at radius 1 is 1.00 bits per heavy atom. The number of carbonyl (C=O) groups excluding carboxylic acids is 2. The minimum absolute atomic E-state index is 0.0630. The lowest BCUT2D eigenvalue weighted by Crippen LogP contribution is -2.35. The number of hydrogen-bond acceptors (Lipinski definition) is 5. The van der Waals surface area contributed by atoms with E-state index in [2.05, 4.69) is 4.74 Å². The fourth-order valence-corrected chi connectivity index (χ4v) is 1.60. The van der Waals surface area contributed by atoms with Crippen LogP contribution in [0.2, 0.25) is 0 Å². The van der Waals surface area contributed by atoms with Crippen molar-refractivity contribution in [1.82, 2.24) is 4.90 Å². The normalized spacial score (nSPS) is 10.1. The monoisotopic (exact) mass is 289 g/mol. The highest BCUT2D eigenvalue weighted by molar-refractivity contribution is 5.77. The summed E-state index contributed by atoms with van der Waals surface area (Å²) in [6.45, 7) is 1.08. The molecular weight excluding hydrogens is 266 g/mol. The van der Waals surface area contributed by atoms with E-state index in [1.54, 1.807) is 4.90 Å². The van der Waals surface area contributed by atoms with Gasteiger partial charge >= 0.3 is 11.9 Å². The van der Waals surface area contributed by atoms with Gasteiger partial charge in [-0.25, -0.2) is 0 Å². The predicted molar refractivity (Wildman–Crippen MR) is 71.2 cm³/mol. The predicted octanol–water partition coefficient (Wildman–Crippen LogP) is 0.670. The third kappa shape index (κ3) is 9.32. The molecule has 0 atom stereocenters. The van der Waals surface area contributed by atoms with Crippen molar-refractivity contribution in [2.75, 3.05) is 33.9 Å². The first-order chi connectivity index (χ1) is 9.51. The number of carboxylic acid groups (broad SMARTS) is 1. The van der Waals surface area contributed by atoms with E-state index in [0.29, 0.717) is 26.0 Å². The molecule has 116 valence electrons. The van der Waals surface area contributed by atoms with Gasteiger partial charge in [0.05, 0.1) is 20.1 Å². The lowest BCUT2D eigenvalue weighted by atomic mass is 10.2. The van der Waals surface area contributed by atoms with Gasteiger partial charge in [0.2, 0.25) is 5.91 Å². The Labute approximate surface area is 118 Å². The molecule has 0 radical (unpaired) electrons. The number of hydrogen-bond donors (Lipinski definition) is 1. The Bertz CT molecular complexity index is 318. The lowest BCUT2D eigenvalue weighted by molar-refractivity contribution is -0.142. The Hall–Kier alpha value is -1.63. The van der Waals surface area contributed by atoms with E-state index >= 15 is 0 Å². The van der Waals surface area contributed by atoms with Gasteiger partial charge in [0.15, 0.2) is 0 Å². The second kappa shape index (κ2) is 11.2. The maximum absolute atomic E-state index is 12.0. The van der Waals surface area contributed by atoms with Gasteiger partial charge in [0.25, 0.3) is 0 Å². The number of carbonyl (C=O) groups is 3. The van der Waals surface area contributed by atoms with Crippen molar-refractivity contribution >= 4 is 17.8 Å². The fourth-order valence-electron chi connectivity index (χ4n) is 1.60. The lowest BCUT2D eigenvalue weighted by Gasteiger charge is -2.21. The Morgan fingerprint density at radius 3 is 2.20 bits per heavy atom. The third-order valence-corrected chi connectivity index (χ3v) is 2.76. The van der Waals surface area contributed by atoms with Crippen LogP contribution in [-0.2, 0) is 23.9 Å². The third-order valence-electron chi connectivity index (χ3n) is 2.76. The zero-order valence-electron chi connectivity index (χ0n) is 12.1. The Morgan fingerprint density at radius 2 is 1.65 bits per heavy atom. The zero-order valence-corrected chi connectivity index (χ0v) is 12.1. The highest BCUT2D eigenvalue weighted by atomic mass is 16.5. The molecule has 0 aliphatic rings. The average molecular weight is 289 g/mol. The summed E-state index contributed by atoms with van der Waals surface area (Å²) in [4.78, 5) is 35.0. The molecule has 7 heteroatoms. The van der Waals surface area contributed by atoms with Gasteiger partial charge in [0.1, 0.15) is 0 Å². The molecule has 0 aliphatic heterocycles. The summed E-state index contributed by atoms with van der Waals surface area (Å²) in [5.74, 6) is -1.33. The van der Waals surface area contributed by atoms with E-state index in [1.807, 2.05) is 0 Å². The van der Waals surface area contributed by atoms with Crippen LogP contribution >= 0.6 is 0 Å². The number of esters is 1. The zero-order chi connectivity index (χ0) is 15.4. The van der Waals surface area contributed by atoms with Gasteiger partial charge in [-0.1, -0.05) is 0 Å². The van der Waals surface area contributed by atoms with Crippen molar-refractivity contribution in [2.24, 2.45) is 0 Å². The summed E-state index contributed by atoms with van der Waals surface area (Å²) >= 11 is 0. The van der Waals surface area contributed by atoms with Crippen LogP contribution in [0.5, 0.6) is 0 Å². The number of nitrogens with zero attached hydrogens (tertiary/aromatic N) is 1. The van der Waals surface area contributed by atoms with Crippen LogP contribution in [0.4, 0.5) is 0 Å². The molecule has 0 spiro atoms. The van der Waals surface area contributed by atoms with Gasteiger partial charge in [0, 0.05) is 33.0 Å². The molecule has 0 heterocycles. The van der Waals surface area contributed by atoms with Crippen LogP contribution < -0.4 is 0 Å². The molecule has 0 rings (SSSR count). The molecule has 0 aliphatic carbocycles. The highest BCUT2D eigenvalue weighted by Gasteiger charge is 2.14. The maximum atomic E-state index is 12.0. The van der Waals surface area contributed by atoms with Crippen molar-refractivity contribution in [3.05, 3.63) is 0 Å². The van der Waals surface area contributed by atoms with Crippen LogP contribution in [0.1, 0.15) is 32.1 Å². The second-order valence-electron chi connectivity index (χ2n) is 4.30. The second-order valence-corrected chi connectivity index (χ2v) is 4.30. The summed E-state index contributed by atoms with van der Waals surface area (Å²) in [5.41, 5.74) is 0. The minimum atomic E-state index is -0.862. The van der Waals surface area contributed by atoms with E-state index in [4.69, 9.17) is 9.84 Å². The summed E-state index contributed by atoms with van der Waals surface area (Å²) in [6, 6.07) is 0. The molecule has 0 aromatic carbocycles. The van der Waals surface area contributed by atoms with Gasteiger partial charge in [-0.15, -0.1) is 0 Å². The SMILES string of the molecule is COCCN(CCC(=O)OC)C(=O)CCCCC(=O)O. The molecule has 0 unspecified atom stereocenters. The molecular formula is C13H23NO6. The number of aliphatic carboxylic acids is 1. The van der Waals surface area contributed by atoms with E-state index in [9.17, 15) is 14.4 Å². The minimum Gasteiger partial charge on any atom is -0.481 e. The molecule has 0 fully saturated rings. The fraction of sp³-hybridized carbons (Fsp3) is 0.769. The summed E-state index contributed by atoms with van der Waals surface area (Å²) in [5, 5.41) is 8.51. The van der Waals surface area contributed by atoms with Gasteiger partial charge < -0.3 is 19.5 Å². The molecule has 1 N–H and O–H groups in total. The number of unbranched alkanes of at least 4 members (excludes halogenated alkanes) is 1. The number of carboxylic acids is 1.